The van der Waals surface area contributed by atoms with Crippen molar-refractivity contribution in [1.29, 1.82) is 0 Å². The van der Waals surface area contributed by atoms with Crippen molar-refractivity contribution < 1.29 is 18.7 Å². The summed E-state index contributed by atoms with van der Waals surface area (Å²) in [6.07, 6.45) is 3.40. The molecule has 1 unspecified atom stereocenters. The van der Waals surface area contributed by atoms with Gasteiger partial charge in [-0.2, -0.15) is 0 Å². The quantitative estimate of drug-likeness (QED) is 0.845. The summed E-state index contributed by atoms with van der Waals surface area (Å²) < 4.78 is 16.5. The number of para-hydroxylation sites is 1. The summed E-state index contributed by atoms with van der Waals surface area (Å²) in [6.45, 7) is 1.47. The molecule has 6 heteroatoms. The van der Waals surface area contributed by atoms with E-state index in [9.17, 15) is 4.79 Å². The second-order valence-electron chi connectivity index (χ2n) is 5.33. The maximum atomic E-state index is 12.3. The van der Waals surface area contributed by atoms with Crippen LogP contribution in [0.4, 0.5) is 0 Å². The van der Waals surface area contributed by atoms with Crippen LogP contribution in [0.25, 0.3) is 0 Å². The number of oxazole rings is 1. The number of likely N-dealkylation sites (tertiary alicyclic amines) is 1. The Morgan fingerprint density at radius 2 is 2.23 bits per heavy atom. The number of nitrogens with zero attached hydrogens (tertiary/aromatic N) is 2. The number of amides is 1. The third-order valence-electron chi connectivity index (χ3n) is 3.92. The lowest BCUT2D eigenvalue weighted by Crippen LogP contribution is -2.42. The summed E-state index contributed by atoms with van der Waals surface area (Å²) in [5.41, 5.74) is -0.495. The summed E-state index contributed by atoms with van der Waals surface area (Å²) in [7, 11) is 1.65. The molecule has 22 heavy (non-hydrogen) atoms. The second-order valence-corrected chi connectivity index (χ2v) is 5.33. The van der Waals surface area contributed by atoms with Crippen molar-refractivity contribution in [3.63, 3.8) is 0 Å². The monoisotopic (exact) mass is 302 g/mol. The van der Waals surface area contributed by atoms with Gasteiger partial charge in [-0.1, -0.05) is 18.2 Å². The number of carbonyl (C=O) groups is 1. The molecule has 0 radical (unpaired) electrons. The molecular weight excluding hydrogens is 284 g/mol. The van der Waals surface area contributed by atoms with Gasteiger partial charge in [0.2, 0.25) is 5.76 Å². The minimum absolute atomic E-state index is 0.170. The highest BCUT2D eigenvalue weighted by molar-refractivity contribution is 5.91. The molecule has 1 aliphatic heterocycles. The van der Waals surface area contributed by atoms with E-state index in [4.69, 9.17) is 13.9 Å². The summed E-state index contributed by atoms with van der Waals surface area (Å²) in [4.78, 5) is 17.8. The highest BCUT2D eigenvalue weighted by Gasteiger charge is 2.41. The van der Waals surface area contributed by atoms with Crippen molar-refractivity contribution in [2.24, 2.45) is 0 Å². The van der Waals surface area contributed by atoms with Crippen LogP contribution >= 0.6 is 0 Å². The Hall–Kier alpha value is -2.34. The molecule has 0 N–H and O–H groups in total. The molecule has 1 aliphatic rings. The van der Waals surface area contributed by atoms with E-state index in [1.807, 2.05) is 30.3 Å². The Morgan fingerprint density at radius 3 is 2.91 bits per heavy atom. The maximum absolute atomic E-state index is 12.3. The van der Waals surface area contributed by atoms with E-state index in [0.717, 1.165) is 12.2 Å². The molecule has 1 fully saturated rings. The molecule has 0 spiro atoms. The zero-order chi connectivity index (χ0) is 15.4. The summed E-state index contributed by atoms with van der Waals surface area (Å²) in [5, 5.41) is 0. The Bertz CT molecular complexity index is 614. The lowest BCUT2D eigenvalue weighted by atomic mass is 10.0. The van der Waals surface area contributed by atoms with Crippen molar-refractivity contribution >= 4 is 5.91 Å². The van der Waals surface area contributed by atoms with Crippen LogP contribution in [0.1, 0.15) is 17.0 Å². The van der Waals surface area contributed by atoms with Gasteiger partial charge in [-0.05, 0) is 18.6 Å². The van der Waals surface area contributed by atoms with Gasteiger partial charge in [0.25, 0.3) is 5.91 Å². The van der Waals surface area contributed by atoms with Crippen LogP contribution < -0.4 is 4.74 Å². The lowest BCUT2D eigenvalue weighted by Gasteiger charge is -2.27. The fourth-order valence-electron chi connectivity index (χ4n) is 2.57. The van der Waals surface area contributed by atoms with Crippen LogP contribution in [0.2, 0.25) is 0 Å². The van der Waals surface area contributed by atoms with E-state index in [2.05, 4.69) is 4.98 Å². The van der Waals surface area contributed by atoms with E-state index in [1.165, 1.54) is 12.6 Å². The largest absolute Gasteiger partial charge is 0.491 e. The normalized spacial score (nSPS) is 21.0. The zero-order valence-corrected chi connectivity index (χ0v) is 12.4. The van der Waals surface area contributed by atoms with Crippen molar-refractivity contribution in [3.05, 3.63) is 48.7 Å². The van der Waals surface area contributed by atoms with Gasteiger partial charge in [0, 0.05) is 13.7 Å². The average Bonchev–Trinajstić information content (AvgIpc) is 3.24. The highest BCUT2D eigenvalue weighted by atomic mass is 16.5. The molecule has 2 aromatic rings. The SMILES string of the molecule is COC1(COc2ccccc2)CCN(C(=O)c2cnco2)C1. The van der Waals surface area contributed by atoms with Gasteiger partial charge < -0.3 is 18.8 Å². The molecule has 1 aromatic heterocycles. The molecule has 116 valence electrons. The van der Waals surface area contributed by atoms with Gasteiger partial charge in [0.15, 0.2) is 6.39 Å². The smallest absolute Gasteiger partial charge is 0.291 e. The topological polar surface area (TPSA) is 64.8 Å². The average molecular weight is 302 g/mol. The first-order valence-corrected chi connectivity index (χ1v) is 7.13. The molecule has 0 saturated carbocycles. The Morgan fingerprint density at radius 1 is 1.41 bits per heavy atom. The van der Waals surface area contributed by atoms with Crippen molar-refractivity contribution in [2.75, 3.05) is 26.8 Å². The van der Waals surface area contributed by atoms with Gasteiger partial charge >= 0.3 is 0 Å². The Balaban J connectivity index is 1.64. The van der Waals surface area contributed by atoms with Crippen LogP contribution in [0.15, 0.2) is 47.3 Å². The molecule has 0 aliphatic carbocycles. The van der Waals surface area contributed by atoms with Crippen molar-refractivity contribution in [2.45, 2.75) is 12.0 Å². The number of methoxy groups -OCH3 is 1. The number of rotatable bonds is 5. The van der Waals surface area contributed by atoms with Crippen molar-refractivity contribution in [3.8, 4) is 5.75 Å². The van der Waals surface area contributed by atoms with Crippen molar-refractivity contribution in [1.82, 2.24) is 9.88 Å². The van der Waals surface area contributed by atoms with E-state index < -0.39 is 5.60 Å². The summed E-state index contributed by atoms with van der Waals surface area (Å²) in [5.74, 6) is 0.867. The summed E-state index contributed by atoms with van der Waals surface area (Å²) in [6, 6.07) is 9.57. The molecule has 2 heterocycles. The number of hydrogen-bond acceptors (Lipinski definition) is 5. The minimum atomic E-state index is -0.495. The predicted molar refractivity (Wildman–Crippen MR) is 78.7 cm³/mol. The minimum Gasteiger partial charge on any atom is -0.491 e. The molecule has 1 amide bonds. The highest BCUT2D eigenvalue weighted by Crippen LogP contribution is 2.27. The number of carbonyl (C=O) groups excluding carboxylic acids is 1. The molecule has 6 nitrogen and oxygen atoms in total. The standard InChI is InChI=1S/C16H18N2O4/c1-20-16(11-21-13-5-3-2-4-6-13)7-8-18(10-16)15(19)14-9-17-12-22-14/h2-6,9,12H,7-8,10-11H2,1H3. The van der Waals surface area contributed by atoms with Crippen LogP contribution in [0, 0.1) is 0 Å². The molecule has 3 rings (SSSR count). The Kier molecular flexibility index (Phi) is 4.11. The van der Waals surface area contributed by atoms with E-state index in [1.54, 1.807) is 12.0 Å². The van der Waals surface area contributed by atoms with Crippen LogP contribution in [0.3, 0.4) is 0 Å². The molecule has 1 saturated heterocycles. The molecular formula is C16H18N2O4. The van der Waals surface area contributed by atoms with Gasteiger partial charge in [-0.3, -0.25) is 4.79 Å². The number of hydrogen-bond donors (Lipinski definition) is 0. The van der Waals surface area contributed by atoms with E-state index >= 15 is 0 Å². The van der Waals surface area contributed by atoms with E-state index in [0.29, 0.717) is 19.7 Å². The van der Waals surface area contributed by atoms with Crippen LogP contribution in [-0.4, -0.2) is 48.2 Å². The molecule has 0 bridgehead atoms. The van der Waals surface area contributed by atoms with Gasteiger partial charge in [-0.15, -0.1) is 0 Å². The first-order valence-electron chi connectivity index (χ1n) is 7.13. The summed E-state index contributed by atoms with van der Waals surface area (Å²) >= 11 is 0. The number of benzene rings is 1. The second kappa shape index (κ2) is 6.19. The zero-order valence-electron chi connectivity index (χ0n) is 12.4. The van der Waals surface area contributed by atoms with E-state index in [-0.39, 0.29) is 11.7 Å². The molecule has 1 aromatic carbocycles. The fourth-order valence-corrected chi connectivity index (χ4v) is 2.57. The predicted octanol–water partition coefficient (Wildman–Crippen LogP) is 1.98. The van der Waals surface area contributed by atoms with Crippen LogP contribution in [0.5, 0.6) is 5.75 Å². The third-order valence-corrected chi connectivity index (χ3v) is 3.92. The Labute approximate surface area is 128 Å². The lowest BCUT2D eigenvalue weighted by molar-refractivity contribution is -0.0344. The first kappa shape index (κ1) is 14.6. The maximum Gasteiger partial charge on any atom is 0.291 e. The third kappa shape index (κ3) is 2.96. The number of aromatic nitrogens is 1. The van der Waals surface area contributed by atoms with Crippen LogP contribution in [-0.2, 0) is 4.74 Å². The van der Waals surface area contributed by atoms with Gasteiger partial charge in [-0.25, -0.2) is 4.98 Å². The van der Waals surface area contributed by atoms with Gasteiger partial charge in [0.1, 0.15) is 18.0 Å². The molecule has 1 atom stereocenters. The number of ether oxygens (including phenoxy) is 2. The fraction of sp³-hybridized carbons (Fsp3) is 0.375. The first-order chi connectivity index (χ1) is 10.7. The van der Waals surface area contributed by atoms with Gasteiger partial charge in [0.05, 0.1) is 12.7 Å².